The maximum Gasteiger partial charge on any atom is 0.246 e. The zero-order valence-corrected chi connectivity index (χ0v) is 10.7. The van der Waals surface area contributed by atoms with Crippen molar-refractivity contribution in [1.82, 2.24) is 10.2 Å². The molecular weight excluding hydrogens is 204 g/mol. The number of hydrogen-bond donors (Lipinski definition) is 1. The Kier molecular flexibility index (Phi) is 3.94. The van der Waals surface area contributed by atoms with E-state index in [1.165, 1.54) is 0 Å². The van der Waals surface area contributed by atoms with Gasteiger partial charge in [0.2, 0.25) is 11.8 Å². The summed E-state index contributed by atoms with van der Waals surface area (Å²) in [5, 5.41) is 2.68. The molecule has 1 rings (SSSR count). The van der Waals surface area contributed by atoms with Crippen molar-refractivity contribution in [3.63, 3.8) is 0 Å². The number of carbonyl (C=O) groups excluding carboxylic acids is 2. The standard InChI is InChI=1S/C12H22N2O2/c1-5-9(6-2)14-10(15)8-13-11(16)12(14,4)7-3/h9H,5-8H2,1-4H3,(H,13,16). The third-order valence-electron chi connectivity index (χ3n) is 3.69. The molecule has 2 amide bonds. The van der Waals surface area contributed by atoms with Crippen LogP contribution in [0, 0.1) is 0 Å². The van der Waals surface area contributed by atoms with Crippen molar-refractivity contribution in [2.45, 2.75) is 58.5 Å². The minimum absolute atomic E-state index is 0.0264. The lowest BCUT2D eigenvalue weighted by molar-refractivity contribution is -0.156. The number of piperazine rings is 1. The normalized spacial score (nSPS) is 26.2. The molecule has 0 aromatic heterocycles. The summed E-state index contributed by atoms with van der Waals surface area (Å²) in [5.74, 6) is 0.0131. The molecule has 1 aliphatic rings. The zero-order chi connectivity index (χ0) is 12.3. The molecule has 1 atom stereocenters. The van der Waals surface area contributed by atoms with Crippen LogP contribution in [0.15, 0.2) is 0 Å². The van der Waals surface area contributed by atoms with Crippen LogP contribution in [0.4, 0.5) is 0 Å². The molecule has 4 heteroatoms. The molecule has 16 heavy (non-hydrogen) atoms. The van der Waals surface area contributed by atoms with Crippen LogP contribution in [0.1, 0.15) is 47.0 Å². The highest BCUT2D eigenvalue weighted by atomic mass is 16.2. The number of nitrogens with one attached hydrogen (secondary N) is 1. The third kappa shape index (κ3) is 1.93. The van der Waals surface area contributed by atoms with Gasteiger partial charge in [0.25, 0.3) is 0 Å². The summed E-state index contributed by atoms with van der Waals surface area (Å²) in [4.78, 5) is 25.7. The number of rotatable bonds is 4. The van der Waals surface area contributed by atoms with Crippen LogP contribution in [-0.4, -0.2) is 34.8 Å². The number of nitrogens with zero attached hydrogens (tertiary/aromatic N) is 1. The van der Waals surface area contributed by atoms with Gasteiger partial charge in [0.1, 0.15) is 5.54 Å². The summed E-state index contributed by atoms with van der Waals surface area (Å²) in [6.07, 6.45) is 2.44. The number of hydrogen-bond acceptors (Lipinski definition) is 2. The van der Waals surface area contributed by atoms with Crippen LogP contribution in [-0.2, 0) is 9.59 Å². The van der Waals surface area contributed by atoms with E-state index < -0.39 is 5.54 Å². The molecule has 0 aromatic carbocycles. The van der Waals surface area contributed by atoms with Crippen molar-refractivity contribution in [3.8, 4) is 0 Å². The van der Waals surface area contributed by atoms with E-state index in [-0.39, 0.29) is 24.4 Å². The highest BCUT2D eigenvalue weighted by Gasteiger charge is 2.46. The van der Waals surface area contributed by atoms with Crippen LogP contribution in [0.3, 0.4) is 0 Å². The van der Waals surface area contributed by atoms with Crippen molar-refractivity contribution < 1.29 is 9.59 Å². The molecule has 0 bridgehead atoms. The SMILES string of the molecule is CCC(CC)N1C(=O)CNC(=O)C1(C)CC. The molecule has 92 valence electrons. The van der Waals surface area contributed by atoms with Crippen molar-refractivity contribution in [3.05, 3.63) is 0 Å². The van der Waals surface area contributed by atoms with Gasteiger partial charge in [0.15, 0.2) is 0 Å². The van der Waals surface area contributed by atoms with Gasteiger partial charge in [-0.2, -0.15) is 0 Å². The average Bonchev–Trinajstić information content (AvgIpc) is 2.29. The van der Waals surface area contributed by atoms with Crippen LogP contribution >= 0.6 is 0 Å². The van der Waals surface area contributed by atoms with Gasteiger partial charge in [-0.15, -0.1) is 0 Å². The fourth-order valence-corrected chi connectivity index (χ4v) is 2.41. The Morgan fingerprint density at radius 3 is 2.31 bits per heavy atom. The second kappa shape index (κ2) is 4.85. The first-order valence-corrected chi connectivity index (χ1v) is 6.11. The Morgan fingerprint density at radius 2 is 1.88 bits per heavy atom. The first-order valence-electron chi connectivity index (χ1n) is 6.11. The molecule has 0 aliphatic carbocycles. The summed E-state index contributed by atoms with van der Waals surface area (Å²) < 4.78 is 0. The highest BCUT2D eigenvalue weighted by Crippen LogP contribution is 2.27. The smallest absolute Gasteiger partial charge is 0.246 e. The average molecular weight is 226 g/mol. The molecule has 0 radical (unpaired) electrons. The Morgan fingerprint density at radius 1 is 1.31 bits per heavy atom. The Balaban J connectivity index is 3.06. The summed E-state index contributed by atoms with van der Waals surface area (Å²) in [6, 6.07) is 0.170. The minimum atomic E-state index is -0.675. The first kappa shape index (κ1) is 13.0. The van der Waals surface area contributed by atoms with Crippen LogP contribution in [0.2, 0.25) is 0 Å². The van der Waals surface area contributed by atoms with Gasteiger partial charge in [0.05, 0.1) is 6.54 Å². The summed E-state index contributed by atoms with van der Waals surface area (Å²) >= 11 is 0. The molecule has 0 aromatic rings. The van der Waals surface area contributed by atoms with E-state index in [0.29, 0.717) is 6.42 Å². The summed E-state index contributed by atoms with van der Waals surface area (Å²) in [7, 11) is 0. The van der Waals surface area contributed by atoms with Gasteiger partial charge in [-0.05, 0) is 26.2 Å². The van der Waals surface area contributed by atoms with Gasteiger partial charge in [-0.25, -0.2) is 0 Å². The molecule has 0 saturated carbocycles. The van der Waals surface area contributed by atoms with Gasteiger partial charge in [0, 0.05) is 6.04 Å². The Hall–Kier alpha value is -1.06. The molecule has 1 unspecified atom stereocenters. The predicted molar refractivity (Wildman–Crippen MR) is 62.9 cm³/mol. The lowest BCUT2D eigenvalue weighted by Crippen LogP contribution is -2.68. The monoisotopic (exact) mass is 226 g/mol. The van der Waals surface area contributed by atoms with E-state index in [2.05, 4.69) is 19.2 Å². The molecular formula is C12H22N2O2. The van der Waals surface area contributed by atoms with Crippen LogP contribution in [0.25, 0.3) is 0 Å². The van der Waals surface area contributed by atoms with E-state index in [1.54, 1.807) is 4.90 Å². The van der Waals surface area contributed by atoms with Crippen LogP contribution in [0.5, 0.6) is 0 Å². The number of carbonyl (C=O) groups is 2. The Labute approximate surface area is 97.4 Å². The molecule has 1 heterocycles. The molecule has 1 N–H and O–H groups in total. The molecule has 0 spiro atoms. The highest BCUT2D eigenvalue weighted by molar-refractivity contribution is 5.97. The van der Waals surface area contributed by atoms with Crippen molar-refractivity contribution in [2.75, 3.05) is 6.54 Å². The van der Waals surface area contributed by atoms with E-state index in [4.69, 9.17) is 0 Å². The summed E-state index contributed by atoms with van der Waals surface area (Å²) in [5.41, 5.74) is -0.675. The summed E-state index contributed by atoms with van der Waals surface area (Å²) in [6.45, 7) is 8.07. The molecule has 1 saturated heterocycles. The molecule has 4 nitrogen and oxygen atoms in total. The van der Waals surface area contributed by atoms with E-state index in [1.807, 2.05) is 13.8 Å². The quantitative estimate of drug-likeness (QED) is 0.785. The Bertz CT molecular complexity index is 287. The maximum atomic E-state index is 12.0. The fourth-order valence-electron chi connectivity index (χ4n) is 2.41. The largest absolute Gasteiger partial charge is 0.345 e. The fraction of sp³-hybridized carbons (Fsp3) is 0.833. The predicted octanol–water partition coefficient (Wildman–Crippen LogP) is 1.30. The molecule has 1 aliphatic heterocycles. The topological polar surface area (TPSA) is 49.4 Å². The van der Waals surface area contributed by atoms with Gasteiger partial charge in [-0.3, -0.25) is 9.59 Å². The van der Waals surface area contributed by atoms with Gasteiger partial charge in [-0.1, -0.05) is 20.8 Å². The van der Waals surface area contributed by atoms with Crippen molar-refractivity contribution in [1.29, 1.82) is 0 Å². The molecule has 1 fully saturated rings. The second-order valence-electron chi connectivity index (χ2n) is 4.54. The zero-order valence-electron chi connectivity index (χ0n) is 10.7. The maximum absolute atomic E-state index is 12.0. The second-order valence-corrected chi connectivity index (χ2v) is 4.54. The van der Waals surface area contributed by atoms with Crippen LogP contribution < -0.4 is 5.32 Å². The minimum Gasteiger partial charge on any atom is -0.345 e. The number of amides is 2. The lowest BCUT2D eigenvalue weighted by Gasteiger charge is -2.47. The van der Waals surface area contributed by atoms with Crippen molar-refractivity contribution in [2.24, 2.45) is 0 Å². The first-order chi connectivity index (χ1) is 7.51. The third-order valence-corrected chi connectivity index (χ3v) is 3.69. The van der Waals surface area contributed by atoms with Crippen molar-refractivity contribution >= 4 is 11.8 Å². The lowest BCUT2D eigenvalue weighted by atomic mass is 9.89. The van der Waals surface area contributed by atoms with Gasteiger partial charge < -0.3 is 10.2 Å². The van der Waals surface area contributed by atoms with E-state index >= 15 is 0 Å². The van der Waals surface area contributed by atoms with E-state index in [9.17, 15) is 9.59 Å². The van der Waals surface area contributed by atoms with E-state index in [0.717, 1.165) is 12.8 Å². The van der Waals surface area contributed by atoms with Gasteiger partial charge >= 0.3 is 0 Å².